The maximum Gasteiger partial charge on any atom is 0.239 e. The molecule has 0 heterocycles. The lowest BCUT2D eigenvalue weighted by atomic mass is 10.1. The zero-order chi connectivity index (χ0) is 15.1. The van der Waals surface area contributed by atoms with Crippen LogP contribution in [0.2, 0.25) is 0 Å². The average molecular weight is 301 g/mol. The summed E-state index contributed by atoms with van der Waals surface area (Å²) in [7, 11) is 0. The summed E-state index contributed by atoms with van der Waals surface area (Å²) in [5.41, 5.74) is 5.72. The number of carbonyl (C=O) groups excluding carboxylic acids is 2. The highest BCUT2D eigenvalue weighted by Gasteiger charge is 2.28. The van der Waals surface area contributed by atoms with Crippen LogP contribution in [-0.2, 0) is 9.59 Å². The molecule has 0 aromatic rings. The smallest absolute Gasteiger partial charge is 0.239 e. The van der Waals surface area contributed by atoms with E-state index < -0.39 is 6.04 Å². The minimum Gasteiger partial charge on any atom is -0.351 e. The quantitative estimate of drug-likeness (QED) is 0.651. The number of nitrogens with two attached hydrogens (primary N) is 1. The summed E-state index contributed by atoms with van der Waals surface area (Å²) in [5, 5.41) is 6.14. The molecule has 1 saturated carbocycles. The summed E-state index contributed by atoms with van der Waals surface area (Å²) in [6.45, 7) is 5.92. The first-order valence-electron chi connectivity index (χ1n) is 7.40. The molecule has 0 bridgehead atoms. The lowest BCUT2D eigenvalue weighted by Gasteiger charge is -2.21. The SMILES string of the molecule is CCSC1CCCC1NC(=O)CNC(=O)[C@@H](N)C(C)C. The van der Waals surface area contributed by atoms with Gasteiger partial charge in [-0.05, 0) is 24.5 Å². The van der Waals surface area contributed by atoms with Gasteiger partial charge in [0.2, 0.25) is 11.8 Å². The molecular weight excluding hydrogens is 274 g/mol. The second-order valence-electron chi connectivity index (χ2n) is 5.59. The van der Waals surface area contributed by atoms with Crippen LogP contribution in [0.1, 0.15) is 40.0 Å². The van der Waals surface area contributed by atoms with E-state index in [0.29, 0.717) is 5.25 Å². The van der Waals surface area contributed by atoms with E-state index in [1.54, 1.807) is 0 Å². The Labute approximate surface area is 125 Å². The van der Waals surface area contributed by atoms with Crippen LogP contribution >= 0.6 is 11.8 Å². The maximum atomic E-state index is 11.9. The van der Waals surface area contributed by atoms with Gasteiger partial charge < -0.3 is 16.4 Å². The van der Waals surface area contributed by atoms with Crippen LogP contribution in [-0.4, -0.2) is 41.4 Å². The molecule has 0 spiro atoms. The predicted octanol–water partition coefficient (Wildman–Crippen LogP) is 0.876. The Balaban J connectivity index is 2.31. The van der Waals surface area contributed by atoms with Gasteiger partial charge in [0, 0.05) is 11.3 Å². The molecule has 0 saturated heterocycles. The first-order valence-corrected chi connectivity index (χ1v) is 8.44. The molecule has 20 heavy (non-hydrogen) atoms. The molecule has 3 atom stereocenters. The van der Waals surface area contributed by atoms with Crippen molar-refractivity contribution in [3.63, 3.8) is 0 Å². The van der Waals surface area contributed by atoms with Crippen LogP contribution in [0.3, 0.4) is 0 Å². The van der Waals surface area contributed by atoms with Crippen molar-refractivity contribution in [1.82, 2.24) is 10.6 Å². The molecule has 116 valence electrons. The van der Waals surface area contributed by atoms with Crippen molar-refractivity contribution in [2.24, 2.45) is 11.7 Å². The zero-order valence-electron chi connectivity index (χ0n) is 12.6. The number of nitrogens with one attached hydrogen (secondary N) is 2. The first kappa shape index (κ1) is 17.3. The van der Waals surface area contributed by atoms with Crippen LogP contribution in [0.15, 0.2) is 0 Å². The third kappa shape index (κ3) is 5.32. The van der Waals surface area contributed by atoms with E-state index in [1.165, 1.54) is 0 Å². The van der Waals surface area contributed by atoms with Gasteiger partial charge in [-0.2, -0.15) is 11.8 Å². The number of amides is 2. The van der Waals surface area contributed by atoms with Crippen LogP contribution in [0.5, 0.6) is 0 Å². The van der Waals surface area contributed by atoms with E-state index in [-0.39, 0.29) is 30.3 Å². The molecule has 1 aliphatic carbocycles. The van der Waals surface area contributed by atoms with E-state index in [4.69, 9.17) is 5.73 Å². The number of carbonyl (C=O) groups is 2. The molecule has 1 fully saturated rings. The van der Waals surface area contributed by atoms with E-state index in [9.17, 15) is 9.59 Å². The number of hydrogen-bond donors (Lipinski definition) is 3. The van der Waals surface area contributed by atoms with E-state index >= 15 is 0 Å². The zero-order valence-corrected chi connectivity index (χ0v) is 13.5. The molecule has 1 rings (SSSR count). The van der Waals surface area contributed by atoms with Gasteiger partial charge in [-0.1, -0.05) is 27.2 Å². The van der Waals surface area contributed by atoms with Crippen molar-refractivity contribution in [2.45, 2.75) is 57.4 Å². The summed E-state index contributed by atoms with van der Waals surface area (Å²) in [4.78, 5) is 23.5. The van der Waals surface area contributed by atoms with Gasteiger partial charge >= 0.3 is 0 Å². The second kappa shape index (κ2) is 8.52. The van der Waals surface area contributed by atoms with Gasteiger partial charge in [-0.25, -0.2) is 0 Å². The second-order valence-corrected chi connectivity index (χ2v) is 7.10. The standard InChI is InChI=1S/C14H27N3O2S/c1-4-20-11-7-5-6-10(11)17-12(18)8-16-14(19)13(15)9(2)3/h9-11,13H,4-8,15H2,1-3H3,(H,16,19)(H,17,18)/t10?,11?,13-/m0/s1. The van der Waals surface area contributed by atoms with Gasteiger partial charge in [0.15, 0.2) is 0 Å². The van der Waals surface area contributed by atoms with Crippen molar-refractivity contribution in [3.8, 4) is 0 Å². The van der Waals surface area contributed by atoms with Crippen molar-refractivity contribution in [2.75, 3.05) is 12.3 Å². The molecule has 0 aromatic heterocycles. The predicted molar refractivity (Wildman–Crippen MR) is 83.5 cm³/mol. The molecule has 0 aromatic carbocycles. The van der Waals surface area contributed by atoms with Crippen molar-refractivity contribution < 1.29 is 9.59 Å². The van der Waals surface area contributed by atoms with E-state index in [1.807, 2.05) is 25.6 Å². The summed E-state index contributed by atoms with van der Waals surface area (Å²) >= 11 is 1.90. The maximum absolute atomic E-state index is 11.9. The molecule has 0 aliphatic heterocycles. The highest BCUT2D eigenvalue weighted by atomic mass is 32.2. The summed E-state index contributed by atoms with van der Waals surface area (Å²) < 4.78 is 0. The van der Waals surface area contributed by atoms with E-state index in [2.05, 4.69) is 17.6 Å². The Morgan fingerprint density at radius 2 is 2.05 bits per heavy atom. The van der Waals surface area contributed by atoms with Crippen LogP contribution in [0.4, 0.5) is 0 Å². The van der Waals surface area contributed by atoms with Crippen molar-refractivity contribution >= 4 is 23.6 Å². The fraction of sp³-hybridized carbons (Fsp3) is 0.857. The van der Waals surface area contributed by atoms with Gasteiger partial charge in [-0.15, -0.1) is 0 Å². The molecule has 4 N–H and O–H groups in total. The summed E-state index contributed by atoms with van der Waals surface area (Å²) in [5.74, 6) is 0.749. The normalized spacial score (nSPS) is 23.6. The Morgan fingerprint density at radius 1 is 1.35 bits per heavy atom. The Bertz CT molecular complexity index is 336. The molecule has 2 amide bonds. The summed E-state index contributed by atoms with van der Waals surface area (Å²) in [6.07, 6.45) is 3.35. The highest BCUT2D eigenvalue weighted by molar-refractivity contribution is 7.99. The van der Waals surface area contributed by atoms with Gasteiger partial charge in [0.1, 0.15) is 0 Å². The van der Waals surface area contributed by atoms with Gasteiger partial charge in [0.05, 0.1) is 12.6 Å². The van der Waals surface area contributed by atoms with E-state index in [0.717, 1.165) is 25.0 Å². The third-order valence-corrected chi connectivity index (χ3v) is 4.95. The topological polar surface area (TPSA) is 84.2 Å². The molecule has 2 unspecified atom stereocenters. The van der Waals surface area contributed by atoms with Crippen LogP contribution in [0.25, 0.3) is 0 Å². The number of thioether (sulfide) groups is 1. The fourth-order valence-electron chi connectivity index (χ4n) is 2.35. The van der Waals surface area contributed by atoms with Crippen LogP contribution in [0, 0.1) is 5.92 Å². The molecule has 5 nitrogen and oxygen atoms in total. The lowest BCUT2D eigenvalue weighted by molar-refractivity contribution is -0.127. The fourth-order valence-corrected chi connectivity index (χ4v) is 3.55. The van der Waals surface area contributed by atoms with Gasteiger partial charge in [-0.3, -0.25) is 9.59 Å². The minimum atomic E-state index is -0.558. The lowest BCUT2D eigenvalue weighted by Crippen LogP contribution is -2.49. The largest absolute Gasteiger partial charge is 0.351 e. The average Bonchev–Trinajstić information content (AvgIpc) is 2.82. The van der Waals surface area contributed by atoms with Crippen LogP contribution < -0.4 is 16.4 Å². The Morgan fingerprint density at radius 3 is 2.65 bits per heavy atom. The van der Waals surface area contributed by atoms with Gasteiger partial charge in [0.25, 0.3) is 0 Å². The molecular formula is C14H27N3O2S. The molecule has 1 aliphatic rings. The summed E-state index contributed by atoms with van der Waals surface area (Å²) in [6, 6.07) is -0.319. The monoisotopic (exact) mass is 301 g/mol. The molecule has 0 radical (unpaired) electrons. The van der Waals surface area contributed by atoms with Crippen molar-refractivity contribution in [3.05, 3.63) is 0 Å². The highest BCUT2D eigenvalue weighted by Crippen LogP contribution is 2.29. The minimum absolute atomic E-state index is 0.0132. The number of hydrogen-bond acceptors (Lipinski definition) is 4. The Kier molecular flexibility index (Phi) is 7.37. The van der Waals surface area contributed by atoms with Crippen molar-refractivity contribution in [1.29, 1.82) is 0 Å². The first-order chi connectivity index (χ1) is 9.45. The Hall–Kier alpha value is -0.750. The number of rotatable bonds is 7. The third-order valence-electron chi connectivity index (χ3n) is 3.62. The molecule has 6 heteroatoms.